The molecule has 0 saturated heterocycles. The van der Waals surface area contributed by atoms with Gasteiger partial charge in [0, 0.05) is 26.1 Å². The van der Waals surface area contributed by atoms with Gasteiger partial charge in [-0.3, -0.25) is 24.1 Å². The minimum absolute atomic E-state index is 0.0119. The third-order valence-electron chi connectivity index (χ3n) is 4.71. The fourth-order valence-electron chi connectivity index (χ4n) is 3.06. The third-order valence-corrected chi connectivity index (χ3v) is 4.71. The van der Waals surface area contributed by atoms with Gasteiger partial charge in [0.1, 0.15) is 11.5 Å². The number of rotatable bonds is 9. The summed E-state index contributed by atoms with van der Waals surface area (Å²) in [6, 6.07) is 12.6. The standard InChI is InChI=1S/C22H23N3O6/c1-14(31-16-8-6-15(26)7-9-16)20(28)24-12-11-23-19(27)10-13-25-21(29)17-4-2-3-5-18(17)22(25)30/h2-9,14,26H,10-13H2,1H3,(H,23,27)(H,24,28). The van der Waals surface area contributed by atoms with Gasteiger partial charge in [-0.1, -0.05) is 12.1 Å². The van der Waals surface area contributed by atoms with Gasteiger partial charge < -0.3 is 20.5 Å². The van der Waals surface area contributed by atoms with Gasteiger partial charge in [0.05, 0.1) is 11.1 Å². The highest BCUT2D eigenvalue weighted by molar-refractivity contribution is 6.21. The van der Waals surface area contributed by atoms with Crippen molar-refractivity contribution >= 4 is 23.6 Å². The van der Waals surface area contributed by atoms with Crippen molar-refractivity contribution in [2.24, 2.45) is 0 Å². The molecule has 1 unspecified atom stereocenters. The van der Waals surface area contributed by atoms with Crippen LogP contribution in [0.4, 0.5) is 0 Å². The van der Waals surface area contributed by atoms with E-state index in [0.29, 0.717) is 16.9 Å². The number of ether oxygens (including phenoxy) is 1. The van der Waals surface area contributed by atoms with Crippen molar-refractivity contribution in [2.45, 2.75) is 19.4 Å². The summed E-state index contributed by atoms with van der Waals surface area (Å²) in [6.45, 7) is 1.96. The van der Waals surface area contributed by atoms with Crippen molar-refractivity contribution in [2.75, 3.05) is 19.6 Å². The lowest BCUT2D eigenvalue weighted by Crippen LogP contribution is -2.41. The van der Waals surface area contributed by atoms with Crippen molar-refractivity contribution in [1.82, 2.24) is 15.5 Å². The number of carbonyl (C=O) groups is 4. The Kier molecular flexibility index (Phi) is 6.86. The first-order chi connectivity index (χ1) is 14.9. The predicted octanol–water partition coefficient (Wildman–Crippen LogP) is 1.08. The van der Waals surface area contributed by atoms with Gasteiger partial charge in [0.25, 0.3) is 17.7 Å². The van der Waals surface area contributed by atoms with Crippen LogP contribution in [0.15, 0.2) is 48.5 Å². The van der Waals surface area contributed by atoms with Gasteiger partial charge in [-0.2, -0.15) is 0 Å². The van der Waals surface area contributed by atoms with E-state index in [0.717, 1.165) is 4.90 Å². The van der Waals surface area contributed by atoms with Gasteiger partial charge >= 0.3 is 0 Å². The zero-order valence-corrected chi connectivity index (χ0v) is 17.0. The molecule has 0 aromatic heterocycles. The molecule has 3 N–H and O–H groups in total. The summed E-state index contributed by atoms with van der Waals surface area (Å²) < 4.78 is 5.47. The van der Waals surface area contributed by atoms with E-state index in [2.05, 4.69) is 10.6 Å². The van der Waals surface area contributed by atoms with Gasteiger partial charge in [-0.25, -0.2) is 0 Å². The zero-order chi connectivity index (χ0) is 22.4. The molecule has 0 aliphatic carbocycles. The first kappa shape index (κ1) is 21.8. The van der Waals surface area contributed by atoms with Gasteiger partial charge in [-0.15, -0.1) is 0 Å². The normalized spacial score (nSPS) is 13.5. The largest absolute Gasteiger partial charge is 0.508 e. The van der Waals surface area contributed by atoms with E-state index in [4.69, 9.17) is 4.74 Å². The van der Waals surface area contributed by atoms with Crippen LogP contribution in [0.1, 0.15) is 34.1 Å². The van der Waals surface area contributed by atoms with E-state index in [-0.39, 0.29) is 43.6 Å². The molecule has 1 aliphatic heterocycles. The molecule has 0 bridgehead atoms. The smallest absolute Gasteiger partial charge is 0.261 e. The van der Waals surface area contributed by atoms with E-state index in [1.165, 1.54) is 12.1 Å². The second kappa shape index (κ2) is 9.75. The molecule has 0 saturated carbocycles. The number of imide groups is 1. The Hall–Kier alpha value is -3.88. The highest BCUT2D eigenvalue weighted by Gasteiger charge is 2.34. The van der Waals surface area contributed by atoms with Crippen molar-refractivity contribution in [1.29, 1.82) is 0 Å². The van der Waals surface area contributed by atoms with Crippen LogP contribution in [0.3, 0.4) is 0 Å². The van der Waals surface area contributed by atoms with Crippen molar-refractivity contribution in [3.63, 3.8) is 0 Å². The molecular formula is C22H23N3O6. The van der Waals surface area contributed by atoms with E-state index in [1.807, 2.05) is 0 Å². The number of aromatic hydroxyl groups is 1. The molecule has 3 rings (SSSR count). The number of nitrogens with one attached hydrogen (secondary N) is 2. The number of amides is 4. The third kappa shape index (κ3) is 5.39. The first-order valence-corrected chi connectivity index (χ1v) is 9.82. The van der Waals surface area contributed by atoms with Crippen LogP contribution in [-0.4, -0.2) is 59.4 Å². The molecule has 1 atom stereocenters. The van der Waals surface area contributed by atoms with Crippen molar-refractivity contribution < 1.29 is 29.0 Å². The number of carbonyl (C=O) groups excluding carboxylic acids is 4. The minimum atomic E-state index is -0.755. The Labute approximate surface area is 179 Å². The Bertz CT molecular complexity index is 954. The van der Waals surface area contributed by atoms with Crippen LogP contribution in [0.5, 0.6) is 11.5 Å². The monoisotopic (exact) mass is 425 g/mol. The van der Waals surface area contributed by atoms with Crippen LogP contribution in [-0.2, 0) is 9.59 Å². The second-order valence-corrected chi connectivity index (χ2v) is 6.95. The molecule has 2 aromatic carbocycles. The molecular weight excluding hydrogens is 402 g/mol. The van der Waals surface area contributed by atoms with Gasteiger partial charge in [0.15, 0.2) is 6.10 Å². The molecule has 1 heterocycles. The lowest BCUT2D eigenvalue weighted by molar-refractivity contribution is -0.127. The molecule has 0 radical (unpaired) electrons. The number of phenolic OH excluding ortho intramolecular Hbond substituents is 1. The zero-order valence-electron chi connectivity index (χ0n) is 17.0. The lowest BCUT2D eigenvalue weighted by Gasteiger charge is -2.15. The molecule has 31 heavy (non-hydrogen) atoms. The van der Waals surface area contributed by atoms with Crippen LogP contribution in [0, 0.1) is 0 Å². The van der Waals surface area contributed by atoms with Crippen molar-refractivity contribution in [3.8, 4) is 11.5 Å². The van der Waals surface area contributed by atoms with Crippen LogP contribution >= 0.6 is 0 Å². The van der Waals surface area contributed by atoms with Crippen LogP contribution in [0.25, 0.3) is 0 Å². The Balaban J connectivity index is 1.34. The van der Waals surface area contributed by atoms with Gasteiger partial charge in [0.2, 0.25) is 5.91 Å². The number of hydrogen-bond donors (Lipinski definition) is 3. The molecule has 162 valence electrons. The lowest BCUT2D eigenvalue weighted by atomic mass is 10.1. The summed E-state index contributed by atoms with van der Waals surface area (Å²) in [5.74, 6) is -0.941. The molecule has 4 amide bonds. The molecule has 0 fully saturated rings. The summed E-state index contributed by atoms with van der Waals surface area (Å²) in [6.07, 6.45) is -0.783. The average Bonchev–Trinajstić information content (AvgIpc) is 3.01. The number of nitrogens with zero attached hydrogens (tertiary/aromatic N) is 1. The summed E-state index contributed by atoms with van der Waals surface area (Å²) in [7, 11) is 0. The summed E-state index contributed by atoms with van der Waals surface area (Å²) >= 11 is 0. The van der Waals surface area contributed by atoms with Gasteiger partial charge in [-0.05, 0) is 43.3 Å². The average molecular weight is 425 g/mol. The highest BCUT2D eigenvalue weighted by Crippen LogP contribution is 2.22. The Morgan fingerprint density at radius 1 is 0.968 bits per heavy atom. The Morgan fingerprint density at radius 3 is 2.16 bits per heavy atom. The quantitative estimate of drug-likeness (QED) is 0.408. The minimum Gasteiger partial charge on any atom is -0.508 e. The van der Waals surface area contributed by atoms with Crippen LogP contribution < -0.4 is 15.4 Å². The SMILES string of the molecule is CC(Oc1ccc(O)cc1)C(=O)NCCNC(=O)CCN1C(=O)c2ccccc2C1=O. The fourth-order valence-corrected chi connectivity index (χ4v) is 3.06. The Morgan fingerprint density at radius 2 is 1.55 bits per heavy atom. The van der Waals surface area contributed by atoms with E-state index >= 15 is 0 Å². The second-order valence-electron chi connectivity index (χ2n) is 6.95. The van der Waals surface area contributed by atoms with E-state index in [1.54, 1.807) is 43.3 Å². The number of benzene rings is 2. The molecule has 0 spiro atoms. The molecule has 9 heteroatoms. The number of fused-ring (bicyclic) bond motifs is 1. The summed E-state index contributed by atoms with van der Waals surface area (Å²) in [4.78, 5) is 49.7. The number of phenols is 1. The summed E-state index contributed by atoms with van der Waals surface area (Å²) in [5, 5.41) is 14.5. The maximum Gasteiger partial charge on any atom is 0.261 e. The maximum absolute atomic E-state index is 12.3. The van der Waals surface area contributed by atoms with E-state index < -0.39 is 17.9 Å². The highest BCUT2D eigenvalue weighted by atomic mass is 16.5. The van der Waals surface area contributed by atoms with Crippen LogP contribution in [0.2, 0.25) is 0 Å². The first-order valence-electron chi connectivity index (χ1n) is 9.82. The molecule has 1 aliphatic rings. The predicted molar refractivity (Wildman–Crippen MR) is 111 cm³/mol. The molecule has 2 aromatic rings. The molecule has 9 nitrogen and oxygen atoms in total. The van der Waals surface area contributed by atoms with E-state index in [9.17, 15) is 24.3 Å². The topological polar surface area (TPSA) is 125 Å². The number of hydrogen-bond acceptors (Lipinski definition) is 6. The fraction of sp³-hybridized carbons (Fsp3) is 0.273. The van der Waals surface area contributed by atoms with Crippen molar-refractivity contribution in [3.05, 3.63) is 59.7 Å². The summed E-state index contributed by atoms with van der Waals surface area (Å²) in [5.41, 5.74) is 0.693. The maximum atomic E-state index is 12.3.